The van der Waals surface area contributed by atoms with Crippen molar-refractivity contribution in [3.8, 4) is 0 Å². The van der Waals surface area contributed by atoms with Gasteiger partial charge in [0.15, 0.2) is 11.0 Å². The molecule has 0 radical (unpaired) electrons. The van der Waals surface area contributed by atoms with Crippen molar-refractivity contribution in [2.45, 2.75) is 31.7 Å². The molecule has 0 saturated heterocycles. The largest absolute Gasteiger partial charge is 0.365 e. The Hall–Kier alpha value is -1.82. The lowest BCUT2D eigenvalue weighted by molar-refractivity contribution is 0.388. The van der Waals surface area contributed by atoms with Crippen LogP contribution in [0.5, 0.6) is 0 Å². The van der Waals surface area contributed by atoms with Crippen LogP contribution in [0, 0.1) is 0 Å². The number of nitrogens with zero attached hydrogens (tertiary/aromatic N) is 3. The molecule has 4 nitrogen and oxygen atoms in total. The van der Waals surface area contributed by atoms with Crippen LogP contribution in [-0.4, -0.2) is 21.2 Å². The first-order chi connectivity index (χ1) is 10.1. The molecule has 1 saturated carbocycles. The van der Waals surface area contributed by atoms with Gasteiger partial charge in [-0.15, -0.1) is 10.2 Å². The first kappa shape index (κ1) is 14.1. The lowest BCUT2D eigenvalue weighted by atomic mass is 9.91. The summed E-state index contributed by atoms with van der Waals surface area (Å²) < 4.78 is 25.5. The second kappa shape index (κ2) is 5.89. The molecular formula is C14H13ClF2N4. The molecular weight excluding hydrogens is 298 g/mol. The molecule has 110 valence electrons. The molecule has 0 unspecified atom stereocenters. The maximum atomic E-state index is 12.7. The normalized spacial score (nSPS) is 18.8. The van der Waals surface area contributed by atoms with E-state index in [4.69, 9.17) is 11.6 Å². The molecule has 1 atom stereocenters. The van der Waals surface area contributed by atoms with E-state index in [1.165, 1.54) is 0 Å². The van der Waals surface area contributed by atoms with E-state index in [2.05, 4.69) is 20.5 Å². The first-order valence-electron chi connectivity index (χ1n) is 6.70. The fourth-order valence-corrected chi connectivity index (χ4v) is 2.83. The minimum absolute atomic E-state index is 0.0749. The van der Waals surface area contributed by atoms with E-state index in [1.807, 2.05) is 0 Å². The molecule has 2 heterocycles. The Kier molecular flexibility index (Phi) is 3.96. The van der Waals surface area contributed by atoms with Crippen molar-refractivity contribution >= 4 is 28.2 Å². The van der Waals surface area contributed by atoms with E-state index in [1.54, 1.807) is 18.5 Å². The van der Waals surface area contributed by atoms with Crippen LogP contribution in [0.2, 0.25) is 5.15 Å². The third kappa shape index (κ3) is 2.95. The van der Waals surface area contributed by atoms with Crippen LogP contribution in [0.25, 0.3) is 10.8 Å². The second-order valence-corrected chi connectivity index (χ2v) is 5.42. The highest BCUT2D eigenvalue weighted by atomic mass is 35.5. The summed E-state index contributed by atoms with van der Waals surface area (Å²) in [6.45, 7) is 0. The third-order valence-electron chi connectivity index (χ3n) is 3.67. The molecule has 1 aliphatic rings. The second-order valence-electron chi connectivity index (χ2n) is 5.06. The first-order valence-corrected chi connectivity index (χ1v) is 7.08. The molecule has 1 aliphatic carbocycles. The number of fused-ring (bicyclic) bond motifs is 1. The van der Waals surface area contributed by atoms with Gasteiger partial charge in [0.25, 0.3) is 6.08 Å². The van der Waals surface area contributed by atoms with E-state index in [9.17, 15) is 8.78 Å². The Morgan fingerprint density at radius 1 is 1.29 bits per heavy atom. The number of aromatic nitrogens is 3. The van der Waals surface area contributed by atoms with Crippen LogP contribution in [0.1, 0.15) is 25.7 Å². The lowest BCUT2D eigenvalue weighted by Gasteiger charge is -2.25. The zero-order valence-corrected chi connectivity index (χ0v) is 11.9. The highest BCUT2D eigenvalue weighted by Crippen LogP contribution is 2.31. The summed E-state index contributed by atoms with van der Waals surface area (Å²) in [5.74, 6) is 0.535. The highest BCUT2D eigenvalue weighted by molar-refractivity contribution is 6.34. The molecule has 2 aromatic heterocycles. The van der Waals surface area contributed by atoms with E-state index in [0.29, 0.717) is 23.8 Å². The molecule has 2 aromatic rings. The Bertz CT molecular complexity index is 700. The summed E-state index contributed by atoms with van der Waals surface area (Å²) in [7, 11) is 0. The monoisotopic (exact) mass is 310 g/mol. The smallest absolute Gasteiger partial charge is 0.269 e. The zero-order chi connectivity index (χ0) is 14.8. The molecule has 21 heavy (non-hydrogen) atoms. The van der Waals surface area contributed by atoms with Gasteiger partial charge in [-0.1, -0.05) is 11.6 Å². The molecule has 0 aliphatic heterocycles. The number of rotatable bonds is 2. The van der Waals surface area contributed by atoms with Crippen molar-refractivity contribution in [1.82, 2.24) is 15.2 Å². The average molecular weight is 311 g/mol. The fourth-order valence-electron chi connectivity index (χ4n) is 2.62. The maximum Gasteiger partial charge on any atom is 0.269 e. The number of nitrogens with one attached hydrogen (secondary N) is 1. The molecule has 0 amide bonds. The SMILES string of the molecule is FC(F)=C1CCC[C@@H](Nc2nnc(Cl)c3ccncc23)C1. The Morgan fingerprint density at radius 3 is 2.95 bits per heavy atom. The van der Waals surface area contributed by atoms with Crippen LogP contribution >= 0.6 is 11.6 Å². The van der Waals surface area contributed by atoms with E-state index >= 15 is 0 Å². The van der Waals surface area contributed by atoms with Crippen molar-refractivity contribution < 1.29 is 8.78 Å². The van der Waals surface area contributed by atoms with Crippen molar-refractivity contribution in [2.75, 3.05) is 5.32 Å². The quantitative estimate of drug-likeness (QED) is 0.904. The van der Waals surface area contributed by atoms with Gasteiger partial charge in [-0.2, -0.15) is 8.78 Å². The zero-order valence-electron chi connectivity index (χ0n) is 11.1. The van der Waals surface area contributed by atoms with Crippen LogP contribution in [-0.2, 0) is 0 Å². The van der Waals surface area contributed by atoms with Gasteiger partial charge in [-0.25, -0.2) is 0 Å². The number of pyridine rings is 1. The van der Waals surface area contributed by atoms with Crippen LogP contribution in [0.3, 0.4) is 0 Å². The lowest BCUT2D eigenvalue weighted by Crippen LogP contribution is -2.24. The minimum Gasteiger partial charge on any atom is -0.365 e. The Labute approximate surface area is 125 Å². The Balaban J connectivity index is 1.89. The van der Waals surface area contributed by atoms with Crippen LogP contribution < -0.4 is 5.32 Å². The number of anilines is 1. The number of hydrogen-bond donors (Lipinski definition) is 1. The molecule has 3 rings (SSSR count). The van der Waals surface area contributed by atoms with Crippen molar-refractivity contribution in [3.05, 3.63) is 35.3 Å². The van der Waals surface area contributed by atoms with Gasteiger partial charge in [-0.05, 0) is 37.3 Å². The van der Waals surface area contributed by atoms with E-state index < -0.39 is 6.08 Å². The highest BCUT2D eigenvalue weighted by Gasteiger charge is 2.21. The van der Waals surface area contributed by atoms with Gasteiger partial charge < -0.3 is 5.32 Å². The molecule has 0 spiro atoms. The summed E-state index contributed by atoms with van der Waals surface area (Å²) in [6.07, 6.45) is 4.07. The van der Waals surface area contributed by atoms with Gasteiger partial charge in [0.2, 0.25) is 0 Å². The predicted molar refractivity (Wildman–Crippen MR) is 77.5 cm³/mol. The maximum absolute atomic E-state index is 12.7. The van der Waals surface area contributed by atoms with Crippen molar-refractivity contribution in [2.24, 2.45) is 0 Å². The van der Waals surface area contributed by atoms with Gasteiger partial charge in [0.1, 0.15) is 0 Å². The fraction of sp³-hybridized carbons (Fsp3) is 0.357. The number of hydrogen-bond acceptors (Lipinski definition) is 4. The minimum atomic E-state index is -1.56. The summed E-state index contributed by atoms with van der Waals surface area (Å²) >= 11 is 6.00. The molecule has 1 N–H and O–H groups in total. The third-order valence-corrected chi connectivity index (χ3v) is 3.95. The van der Waals surface area contributed by atoms with E-state index in [0.717, 1.165) is 23.6 Å². The standard InChI is InChI=1S/C14H13ClF2N4/c15-12-10-4-5-18-7-11(10)14(21-20-12)19-9-3-1-2-8(6-9)13(16)17/h4-5,7,9H,1-3,6H2,(H,19,21)/t9-/m1/s1. The summed E-state index contributed by atoms with van der Waals surface area (Å²) in [4.78, 5) is 4.06. The average Bonchev–Trinajstić information content (AvgIpc) is 2.51. The van der Waals surface area contributed by atoms with E-state index in [-0.39, 0.29) is 11.6 Å². The molecule has 0 bridgehead atoms. The summed E-state index contributed by atoms with van der Waals surface area (Å²) in [5, 5.41) is 12.9. The van der Waals surface area contributed by atoms with Crippen LogP contribution in [0.15, 0.2) is 30.1 Å². The van der Waals surface area contributed by atoms with Gasteiger partial charge in [0, 0.05) is 29.2 Å². The summed E-state index contributed by atoms with van der Waals surface area (Å²) in [6, 6.07) is 1.68. The van der Waals surface area contributed by atoms with Crippen LogP contribution in [0.4, 0.5) is 14.6 Å². The van der Waals surface area contributed by atoms with Crippen molar-refractivity contribution in [1.29, 1.82) is 0 Å². The summed E-state index contributed by atoms with van der Waals surface area (Å²) in [5.41, 5.74) is 0.225. The molecule has 7 heteroatoms. The predicted octanol–water partition coefficient (Wildman–Crippen LogP) is 4.18. The van der Waals surface area contributed by atoms with Crippen molar-refractivity contribution in [3.63, 3.8) is 0 Å². The van der Waals surface area contributed by atoms with Gasteiger partial charge >= 0.3 is 0 Å². The van der Waals surface area contributed by atoms with Gasteiger partial charge in [-0.3, -0.25) is 4.98 Å². The molecule has 1 fully saturated rings. The van der Waals surface area contributed by atoms with Gasteiger partial charge in [0.05, 0.1) is 0 Å². The Morgan fingerprint density at radius 2 is 2.14 bits per heavy atom. The topological polar surface area (TPSA) is 50.7 Å². The molecule has 0 aromatic carbocycles. The number of halogens is 3.